The number of hydrogen-bond donors (Lipinski definition) is 3. The van der Waals surface area contributed by atoms with Gasteiger partial charge in [0.2, 0.25) is 11.8 Å². The van der Waals surface area contributed by atoms with E-state index < -0.39 is 23.3 Å². The zero-order chi connectivity index (χ0) is 24.2. The average Bonchev–Trinajstić information content (AvgIpc) is 2.83. The molecule has 0 saturated heterocycles. The molecular weight excluding hydrogens is 463 g/mol. The highest BCUT2D eigenvalue weighted by Crippen LogP contribution is 2.33. The highest BCUT2D eigenvalue weighted by atomic mass is 32.2. The Morgan fingerprint density at radius 3 is 2.65 bits per heavy atom. The number of nitrogens with zero attached hydrogens (tertiary/aromatic N) is 1. The summed E-state index contributed by atoms with van der Waals surface area (Å²) in [7, 11) is 2.96. The van der Waals surface area contributed by atoms with Gasteiger partial charge < -0.3 is 25.1 Å². The molecule has 0 bridgehead atoms. The molecule has 1 aromatic heterocycles. The van der Waals surface area contributed by atoms with Gasteiger partial charge in [0.1, 0.15) is 23.1 Å². The molecule has 0 spiro atoms. The number of anilines is 2. The summed E-state index contributed by atoms with van der Waals surface area (Å²) in [6, 6.07) is 10.8. The van der Waals surface area contributed by atoms with Crippen LogP contribution in [0.5, 0.6) is 11.5 Å². The molecule has 2 amide bonds. The van der Waals surface area contributed by atoms with Crippen LogP contribution in [0.2, 0.25) is 0 Å². The van der Waals surface area contributed by atoms with Gasteiger partial charge in [0, 0.05) is 18.2 Å². The van der Waals surface area contributed by atoms with Crippen molar-refractivity contribution in [2.45, 2.75) is 23.2 Å². The van der Waals surface area contributed by atoms with E-state index in [1.165, 1.54) is 38.1 Å². The standard InChI is InChI=1S/C23H21FN4O5S/c1-32-14-7-8-16(17(9-14)33-2)25-21(30)15-10-18(29)26-20-19(15)22(31)28-23(27-20)34-11-12-3-5-13(24)6-4-12/h3-9,15H,10-11H2,1-2H3,(H,25,30)(H2,26,27,28,29,31)/t15-/m0/s1. The summed E-state index contributed by atoms with van der Waals surface area (Å²) in [5.41, 5.74) is 0.766. The minimum Gasteiger partial charge on any atom is -0.497 e. The molecule has 34 heavy (non-hydrogen) atoms. The van der Waals surface area contributed by atoms with Crippen molar-refractivity contribution in [1.82, 2.24) is 9.97 Å². The van der Waals surface area contributed by atoms with E-state index in [0.29, 0.717) is 22.9 Å². The molecule has 4 rings (SSSR count). The van der Waals surface area contributed by atoms with Crippen LogP contribution in [-0.4, -0.2) is 36.0 Å². The Morgan fingerprint density at radius 2 is 1.94 bits per heavy atom. The number of halogens is 1. The predicted octanol–water partition coefficient (Wildman–Crippen LogP) is 3.28. The number of thioether (sulfide) groups is 1. The number of hydrogen-bond acceptors (Lipinski definition) is 7. The minimum atomic E-state index is -1.04. The number of ether oxygens (including phenoxy) is 2. The van der Waals surface area contributed by atoms with Crippen LogP contribution in [0.25, 0.3) is 0 Å². The van der Waals surface area contributed by atoms with E-state index >= 15 is 0 Å². The number of nitrogens with one attached hydrogen (secondary N) is 3. The van der Waals surface area contributed by atoms with Gasteiger partial charge in [-0.05, 0) is 29.8 Å². The van der Waals surface area contributed by atoms with Crippen LogP contribution in [0.1, 0.15) is 23.5 Å². The zero-order valence-corrected chi connectivity index (χ0v) is 19.1. The molecular formula is C23H21FN4O5S. The number of fused-ring (bicyclic) bond motifs is 1. The lowest BCUT2D eigenvalue weighted by Crippen LogP contribution is -2.36. The Labute approximate surface area is 198 Å². The topological polar surface area (TPSA) is 122 Å². The smallest absolute Gasteiger partial charge is 0.257 e. The third-order valence-corrected chi connectivity index (χ3v) is 6.15. The Hall–Kier alpha value is -3.86. The number of methoxy groups -OCH3 is 2. The molecule has 2 aromatic carbocycles. The highest BCUT2D eigenvalue weighted by Gasteiger charge is 2.35. The van der Waals surface area contributed by atoms with Crippen molar-refractivity contribution < 1.29 is 23.5 Å². The fourth-order valence-corrected chi connectivity index (χ4v) is 4.31. The van der Waals surface area contributed by atoms with Crippen LogP contribution in [0.4, 0.5) is 15.9 Å². The van der Waals surface area contributed by atoms with E-state index in [1.807, 2.05) is 0 Å². The molecule has 1 atom stereocenters. The number of amides is 2. The van der Waals surface area contributed by atoms with E-state index in [2.05, 4.69) is 20.6 Å². The number of carbonyl (C=O) groups is 2. The number of aromatic nitrogens is 2. The van der Waals surface area contributed by atoms with E-state index in [-0.39, 0.29) is 28.8 Å². The fraction of sp³-hybridized carbons (Fsp3) is 0.217. The van der Waals surface area contributed by atoms with Gasteiger partial charge in [-0.15, -0.1) is 0 Å². The Kier molecular flexibility index (Phi) is 6.82. The number of rotatable bonds is 7. The van der Waals surface area contributed by atoms with Gasteiger partial charge in [-0.2, -0.15) is 0 Å². The quantitative estimate of drug-likeness (QED) is 0.347. The lowest BCUT2D eigenvalue weighted by atomic mass is 9.92. The van der Waals surface area contributed by atoms with Crippen molar-refractivity contribution in [3.05, 3.63) is 69.8 Å². The molecule has 1 aliphatic rings. The van der Waals surface area contributed by atoms with Crippen LogP contribution in [0, 0.1) is 5.82 Å². The van der Waals surface area contributed by atoms with Crippen molar-refractivity contribution in [2.75, 3.05) is 24.9 Å². The second-order valence-electron chi connectivity index (χ2n) is 7.41. The molecule has 9 nitrogen and oxygen atoms in total. The van der Waals surface area contributed by atoms with Crippen molar-refractivity contribution >= 4 is 35.1 Å². The molecule has 0 radical (unpaired) electrons. The van der Waals surface area contributed by atoms with Gasteiger partial charge in [-0.25, -0.2) is 9.37 Å². The number of aromatic amines is 1. The molecule has 2 heterocycles. The summed E-state index contributed by atoms with van der Waals surface area (Å²) < 4.78 is 23.5. The summed E-state index contributed by atoms with van der Waals surface area (Å²) in [5, 5.41) is 5.57. The first-order valence-electron chi connectivity index (χ1n) is 10.2. The molecule has 176 valence electrons. The fourth-order valence-electron chi connectivity index (χ4n) is 3.50. The summed E-state index contributed by atoms with van der Waals surface area (Å²) in [5.74, 6) is -0.964. The Morgan fingerprint density at radius 1 is 1.18 bits per heavy atom. The van der Waals surface area contributed by atoms with Crippen LogP contribution in [0.15, 0.2) is 52.4 Å². The molecule has 3 aromatic rings. The maximum Gasteiger partial charge on any atom is 0.257 e. The van der Waals surface area contributed by atoms with Crippen LogP contribution in [-0.2, 0) is 15.3 Å². The number of H-pyrrole nitrogens is 1. The van der Waals surface area contributed by atoms with Gasteiger partial charge in [-0.1, -0.05) is 23.9 Å². The molecule has 0 saturated carbocycles. The summed E-state index contributed by atoms with van der Waals surface area (Å²) in [6.45, 7) is 0. The van der Waals surface area contributed by atoms with E-state index in [9.17, 15) is 18.8 Å². The molecule has 1 aliphatic heterocycles. The van der Waals surface area contributed by atoms with Crippen molar-refractivity contribution in [2.24, 2.45) is 0 Å². The third-order valence-electron chi connectivity index (χ3n) is 5.20. The largest absolute Gasteiger partial charge is 0.497 e. The second kappa shape index (κ2) is 9.96. The SMILES string of the molecule is COc1ccc(NC(=O)[C@H]2CC(=O)Nc3nc(SCc4ccc(F)cc4)[nH]c(=O)c32)c(OC)c1. The Bertz CT molecular complexity index is 1300. The minimum absolute atomic E-state index is 0.0449. The van der Waals surface area contributed by atoms with E-state index in [0.717, 1.165) is 5.56 Å². The van der Waals surface area contributed by atoms with Crippen LogP contribution < -0.4 is 25.7 Å². The zero-order valence-electron chi connectivity index (χ0n) is 18.3. The summed E-state index contributed by atoms with van der Waals surface area (Å²) in [6.07, 6.45) is -0.204. The van der Waals surface area contributed by atoms with Gasteiger partial charge in [0.05, 0.1) is 31.4 Å². The van der Waals surface area contributed by atoms with Crippen molar-refractivity contribution in [1.29, 1.82) is 0 Å². The summed E-state index contributed by atoms with van der Waals surface area (Å²) in [4.78, 5) is 45.3. The van der Waals surface area contributed by atoms with Crippen LogP contribution in [0.3, 0.4) is 0 Å². The van der Waals surface area contributed by atoms with Crippen molar-refractivity contribution in [3.63, 3.8) is 0 Å². The lowest BCUT2D eigenvalue weighted by molar-refractivity contribution is -0.123. The lowest BCUT2D eigenvalue weighted by Gasteiger charge is -2.24. The van der Waals surface area contributed by atoms with Crippen molar-refractivity contribution in [3.8, 4) is 11.5 Å². The van der Waals surface area contributed by atoms with E-state index in [1.54, 1.807) is 30.3 Å². The van der Waals surface area contributed by atoms with Gasteiger partial charge >= 0.3 is 0 Å². The normalized spacial score (nSPS) is 14.7. The molecule has 0 unspecified atom stereocenters. The first-order chi connectivity index (χ1) is 16.4. The first-order valence-corrected chi connectivity index (χ1v) is 11.2. The third kappa shape index (κ3) is 5.04. The van der Waals surface area contributed by atoms with Gasteiger partial charge in [0.15, 0.2) is 5.16 Å². The Balaban J connectivity index is 1.57. The molecule has 0 aliphatic carbocycles. The molecule has 3 N–H and O–H groups in total. The average molecular weight is 485 g/mol. The number of benzene rings is 2. The first kappa shape index (κ1) is 23.3. The molecule has 11 heteroatoms. The maximum atomic E-state index is 13.1. The molecule has 0 fully saturated rings. The number of carbonyl (C=O) groups excluding carboxylic acids is 2. The summed E-state index contributed by atoms with van der Waals surface area (Å²) >= 11 is 1.22. The van der Waals surface area contributed by atoms with Gasteiger partial charge in [-0.3, -0.25) is 14.4 Å². The van der Waals surface area contributed by atoms with Crippen LogP contribution >= 0.6 is 11.8 Å². The highest BCUT2D eigenvalue weighted by molar-refractivity contribution is 7.98. The predicted molar refractivity (Wildman–Crippen MR) is 125 cm³/mol. The maximum absolute atomic E-state index is 13.1. The second-order valence-corrected chi connectivity index (χ2v) is 8.37. The van der Waals surface area contributed by atoms with E-state index in [4.69, 9.17) is 9.47 Å². The van der Waals surface area contributed by atoms with Gasteiger partial charge in [0.25, 0.3) is 5.56 Å². The monoisotopic (exact) mass is 484 g/mol.